The summed E-state index contributed by atoms with van der Waals surface area (Å²) in [6.45, 7) is 2.31. The molecule has 7 heteroatoms. The van der Waals surface area contributed by atoms with Gasteiger partial charge in [-0.3, -0.25) is 4.79 Å². The Hall–Kier alpha value is -1.89. The van der Waals surface area contributed by atoms with Crippen LogP contribution < -0.4 is 10.1 Å². The molecule has 19 heavy (non-hydrogen) atoms. The van der Waals surface area contributed by atoms with E-state index in [2.05, 4.69) is 15.5 Å². The second-order valence-corrected chi connectivity index (χ2v) is 4.57. The molecule has 0 bridgehead atoms. The fourth-order valence-corrected chi connectivity index (χ4v) is 2.02. The van der Waals surface area contributed by atoms with E-state index in [9.17, 15) is 9.18 Å². The quantitative estimate of drug-likeness (QED) is 0.676. The third-order valence-electron chi connectivity index (χ3n) is 2.21. The van der Waals surface area contributed by atoms with Crippen molar-refractivity contribution in [3.8, 4) is 5.75 Å². The molecule has 5 nitrogen and oxygen atoms in total. The van der Waals surface area contributed by atoms with Crippen molar-refractivity contribution in [1.29, 1.82) is 0 Å². The summed E-state index contributed by atoms with van der Waals surface area (Å²) >= 11 is 1.26. The lowest BCUT2D eigenvalue weighted by Crippen LogP contribution is -2.19. The minimum atomic E-state index is -0.432. The van der Waals surface area contributed by atoms with Gasteiger partial charge in [0, 0.05) is 11.6 Å². The summed E-state index contributed by atoms with van der Waals surface area (Å²) in [5.74, 6) is 0.275. The Bertz CT molecular complexity index is 546. The molecule has 1 N–H and O–H groups in total. The minimum Gasteiger partial charge on any atom is -0.494 e. The van der Waals surface area contributed by atoms with Gasteiger partial charge in [-0.2, -0.15) is 5.10 Å². The van der Waals surface area contributed by atoms with Crippen LogP contribution in [0.15, 0.2) is 28.4 Å². The first kappa shape index (κ1) is 13.5. The Morgan fingerprint density at radius 2 is 2.42 bits per heavy atom. The van der Waals surface area contributed by atoms with Gasteiger partial charge < -0.3 is 10.1 Å². The van der Waals surface area contributed by atoms with Gasteiger partial charge in [0.05, 0.1) is 18.6 Å². The fourth-order valence-electron chi connectivity index (χ4n) is 1.39. The zero-order valence-corrected chi connectivity index (χ0v) is 11.0. The lowest BCUT2D eigenvalue weighted by molar-refractivity contribution is -0.116. The van der Waals surface area contributed by atoms with Crippen molar-refractivity contribution in [2.45, 2.75) is 6.92 Å². The van der Waals surface area contributed by atoms with E-state index in [1.165, 1.54) is 24.0 Å². The van der Waals surface area contributed by atoms with Gasteiger partial charge in [-0.05, 0) is 19.1 Å². The molecule has 2 rings (SSSR count). The SMILES string of the molecule is CCOc1ccc(C=NN=C2NC(=O)CS2)c(F)c1. The van der Waals surface area contributed by atoms with Crippen LogP contribution >= 0.6 is 11.8 Å². The summed E-state index contributed by atoms with van der Waals surface area (Å²) in [6.07, 6.45) is 1.29. The van der Waals surface area contributed by atoms with Gasteiger partial charge in [-0.25, -0.2) is 4.39 Å². The van der Waals surface area contributed by atoms with E-state index in [-0.39, 0.29) is 5.91 Å². The number of carbonyl (C=O) groups is 1. The molecule has 0 radical (unpaired) electrons. The molecule has 1 heterocycles. The summed E-state index contributed by atoms with van der Waals surface area (Å²) in [6, 6.07) is 4.52. The van der Waals surface area contributed by atoms with Gasteiger partial charge in [0.15, 0.2) is 5.17 Å². The number of thioether (sulfide) groups is 1. The first-order chi connectivity index (χ1) is 9.19. The number of hydrogen-bond acceptors (Lipinski definition) is 5. The zero-order chi connectivity index (χ0) is 13.7. The van der Waals surface area contributed by atoms with Crippen molar-refractivity contribution in [3.05, 3.63) is 29.6 Å². The minimum absolute atomic E-state index is 0.105. The second kappa shape index (κ2) is 6.33. The molecular weight excluding hydrogens is 269 g/mol. The van der Waals surface area contributed by atoms with E-state index in [1.807, 2.05) is 6.92 Å². The first-order valence-electron chi connectivity index (χ1n) is 5.65. The maximum absolute atomic E-state index is 13.6. The Morgan fingerprint density at radius 1 is 1.58 bits per heavy atom. The van der Waals surface area contributed by atoms with Crippen LogP contribution in [0.25, 0.3) is 0 Å². The summed E-state index contributed by atoms with van der Waals surface area (Å²) < 4.78 is 18.8. The number of benzene rings is 1. The maximum Gasteiger partial charge on any atom is 0.236 e. The molecule has 100 valence electrons. The molecule has 0 saturated carbocycles. The topological polar surface area (TPSA) is 63.1 Å². The van der Waals surface area contributed by atoms with Gasteiger partial charge in [-0.15, -0.1) is 5.10 Å². The summed E-state index contributed by atoms with van der Waals surface area (Å²) in [7, 11) is 0. The van der Waals surface area contributed by atoms with Crippen LogP contribution in [0.1, 0.15) is 12.5 Å². The van der Waals surface area contributed by atoms with Gasteiger partial charge in [0.25, 0.3) is 0 Å². The molecule has 0 atom stereocenters. The highest BCUT2D eigenvalue weighted by atomic mass is 32.2. The average Bonchev–Trinajstić information content (AvgIpc) is 2.78. The predicted octanol–water partition coefficient (Wildman–Crippen LogP) is 1.78. The highest BCUT2D eigenvalue weighted by Gasteiger charge is 2.15. The first-order valence-corrected chi connectivity index (χ1v) is 6.63. The van der Waals surface area contributed by atoms with E-state index >= 15 is 0 Å². The van der Waals surface area contributed by atoms with Gasteiger partial charge >= 0.3 is 0 Å². The molecule has 0 unspecified atom stereocenters. The zero-order valence-electron chi connectivity index (χ0n) is 10.2. The number of ether oxygens (including phenoxy) is 1. The van der Waals surface area contributed by atoms with Crippen LogP contribution in [-0.2, 0) is 4.79 Å². The third-order valence-corrected chi connectivity index (χ3v) is 3.08. The molecule has 1 aromatic carbocycles. The number of amidine groups is 1. The van der Waals surface area contributed by atoms with Crippen LogP contribution in [-0.4, -0.2) is 29.6 Å². The Labute approximate surface area is 113 Å². The van der Waals surface area contributed by atoms with Crippen molar-refractivity contribution < 1.29 is 13.9 Å². The summed E-state index contributed by atoms with van der Waals surface area (Å²) in [4.78, 5) is 10.9. The molecule has 0 aliphatic carbocycles. The van der Waals surface area contributed by atoms with E-state index in [1.54, 1.807) is 12.1 Å². The number of carbonyl (C=O) groups excluding carboxylic acids is 1. The van der Waals surface area contributed by atoms with Crippen molar-refractivity contribution in [3.63, 3.8) is 0 Å². The Kier molecular flexibility index (Phi) is 4.51. The third kappa shape index (κ3) is 3.78. The van der Waals surface area contributed by atoms with Crippen molar-refractivity contribution >= 4 is 29.1 Å². The number of hydrogen-bond donors (Lipinski definition) is 1. The van der Waals surface area contributed by atoms with Crippen LogP contribution in [0, 0.1) is 5.82 Å². The highest BCUT2D eigenvalue weighted by Crippen LogP contribution is 2.15. The smallest absolute Gasteiger partial charge is 0.236 e. The fraction of sp³-hybridized carbons (Fsp3) is 0.250. The number of halogens is 1. The summed E-state index contributed by atoms with van der Waals surface area (Å²) in [5, 5.41) is 10.5. The molecule has 0 spiro atoms. The van der Waals surface area contributed by atoms with Crippen molar-refractivity contribution in [2.75, 3.05) is 12.4 Å². The molecule has 1 aliphatic rings. The van der Waals surface area contributed by atoms with Crippen LogP contribution in [0.4, 0.5) is 4.39 Å². The molecule has 1 aromatic rings. The van der Waals surface area contributed by atoms with Crippen molar-refractivity contribution in [2.24, 2.45) is 10.2 Å². The number of amides is 1. The predicted molar refractivity (Wildman–Crippen MR) is 73.2 cm³/mol. The van der Waals surface area contributed by atoms with E-state index < -0.39 is 5.82 Å². The molecular formula is C12H12FN3O2S. The standard InChI is InChI=1S/C12H12FN3O2S/c1-2-18-9-4-3-8(10(13)5-9)6-14-16-12-15-11(17)7-19-12/h3-6H,2,7H2,1H3,(H,15,16,17). The Morgan fingerprint density at radius 3 is 3.05 bits per heavy atom. The van der Waals surface area contributed by atoms with Crippen molar-refractivity contribution in [1.82, 2.24) is 5.32 Å². The molecule has 0 aromatic heterocycles. The lowest BCUT2D eigenvalue weighted by atomic mass is 10.2. The largest absolute Gasteiger partial charge is 0.494 e. The van der Waals surface area contributed by atoms with Crippen LogP contribution in [0.3, 0.4) is 0 Å². The maximum atomic E-state index is 13.6. The molecule has 1 amide bonds. The normalized spacial score (nSPS) is 17.2. The van der Waals surface area contributed by atoms with Gasteiger partial charge in [0.2, 0.25) is 5.91 Å². The average molecular weight is 281 g/mol. The van der Waals surface area contributed by atoms with E-state index in [4.69, 9.17) is 4.74 Å². The number of rotatable bonds is 4. The van der Waals surface area contributed by atoms with Crippen LogP contribution in [0.2, 0.25) is 0 Å². The summed E-state index contributed by atoms with van der Waals surface area (Å²) in [5.41, 5.74) is 0.308. The monoisotopic (exact) mass is 281 g/mol. The Balaban J connectivity index is 2.04. The van der Waals surface area contributed by atoms with Gasteiger partial charge in [0.1, 0.15) is 11.6 Å². The highest BCUT2D eigenvalue weighted by molar-refractivity contribution is 8.15. The molecule has 1 saturated heterocycles. The van der Waals surface area contributed by atoms with E-state index in [0.29, 0.717) is 28.8 Å². The number of nitrogens with one attached hydrogen (secondary N) is 1. The molecule has 1 aliphatic heterocycles. The molecule has 1 fully saturated rings. The van der Waals surface area contributed by atoms with E-state index in [0.717, 1.165) is 0 Å². The van der Waals surface area contributed by atoms with Crippen LogP contribution in [0.5, 0.6) is 5.75 Å². The number of nitrogens with zero attached hydrogens (tertiary/aromatic N) is 2. The second-order valence-electron chi connectivity index (χ2n) is 3.60. The van der Waals surface area contributed by atoms with Gasteiger partial charge in [-0.1, -0.05) is 11.8 Å². The lowest BCUT2D eigenvalue weighted by Gasteiger charge is -2.03.